The van der Waals surface area contributed by atoms with E-state index >= 15 is 0 Å². The number of amides is 1. The summed E-state index contributed by atoms with van der Waals surface area (Å²) in [7, 11) is 1.46. The molecule has 3 heterocycles. The van der Waals surface area contributed by atoms with E-state index in [0.29, 0.717) is 11.4 Å². The highest BCUT2D eigenvalue weighted by Gasteiger charge is 2.21. The van der Waals surface area contributed by atoms with Crippen molar-refractivity contribution in [3.8, 4) is 22.6 Å². The molecule has 0 N–H and O–H groups in total. The Morgan fingerprint density at radius 1 is 1.17 bits per heavy atom. The number of anilines is 1. The molecule has 152 valence electrons. The molecule has 1 aromatic carbocycles. The summed E-state index contributed by atoms with van der Waals surface area (Å²) in [4.78, 5) is 33.6. The minimum absolute atomic E-state index is 0.0124. The van der Waals surface area contributed by atoms with Crippen LogP contribution < -0.4 is 4.90 Å². The van der Waals surface area contributed by atoms with Crippen LogP contribution in [0.15, 0.2) is 53.3 Å². The number of fused-ring (bicyclic) bond motifs is 1. The zero-order valence-corrected chi connectivity index (χ0v) is 16.3. The molecule has 0 aliphatic heterocycles. The maximum Gasteiger partial charge on any atom is 0.330 e. The van der Waals surface area contributed by atoms with E-state index in [2.05, 4.69) is 20.2 Å². The number of aromatic nitrogens is 5. The summed E-state index contributed by atoms with van der Waals surface area (Å²) in [6.07, 6.45) is 3.12. The first-order chi connectivity index (χ1) is 14.5. The first-order valence-electron chi connectivity index (χ1n) is 9.22. The number of benzene rings is 1. The fraction of sp³-hybridized carbons (Fsp3) is 0.200. The lowest BCUT2D eigenvalue weighted by Crippen LogP contribution is -2.29. The van der Waals surface area contributed by atoms with Gasteiger partial charge in [0, 0.05) is 24.4 Å². The number of carbonyl (C=O) groups excluding carboxylic acids is 2. The van der Waals surface area contributed by atoms with Gasteiger partial charge in [-0.15, -0.1) is 0 Å². The quantitative estimate of drug-likeness (QED) is 0.354. The summed E-state index contributed by atoms with van der Waals surface area (Å²) in [5.74, 6) is -0.803. The lowest BCUT2D eigenvalue weighted by molar-refractivity contribution is -0.145. The van der Waals surface area contributed by atoms with E-state index < -0.39 is 18.3 Å². The number of nitrogens with zero attached hydrogens (tertiary/aromatic N) is 6. The number of hydrogen-bond donors (Lipinski definition) is 0. The van der Waals surface area contributed by atoms with Crippen LogP contribution in [-0.2, 0) is 14.3 Å². The highest BCUT2D eigenvalue weighted by molar-refractivity contribution is 6.02. The highest BCUT2D eigenvalue weighted by atomic mass is 16.5. The Kier molecular flexibility index (Phi) is 5.21. The monoisotopic (exact) mass is 406 g/mol. The Morgan fingerprint density at radius 3 is 2.80 bits per heavy atom. The Hall–Kier alpha value is -4.08. The lowest BCUT2D eigenvalue weighted by atomic mass is 10.1. The summed E-state index contributed by atoms with van der Waals surface area (Å²) in [5, 5.41) is 8.17. The van der Waals surface area contributed by atoms with E-state index in [1.54, 1.807) is 17.6 Å². The van der Waals surface area contributed by atoms with Gasteiger partial charge >= 0.3 is 12.0 Å². The van der Waals surface area contributed by atoms with Crippen LogP contribution in [0, 0.1) is 0 Å². The van der Waals surface area contributed by atoms with Gasteiger partial charge in [0.05, 0.1) is 18.5 Å². The number of ether oxygens (including phenoxy) is 1. The first kappa shape index (κ1) is 19.2. The predicted molar refractivity (Wildman–Crippen MR) is 106 cm³/mol. The molecule has 10 nitrogen and oxygen atoms in total. The summed E-state index contributed by atoms with van der Waals surface area (Å²) < 4.78 is 11.7. The average molecular weight is 406 g/mol. The van der Waals surface area contributed by atoms with Crippen molar-refractivity contribution in [3.05, 3.63) is 48.8 Å². The number of esters is 1. The van der Waals surface area contributed by atoms with Gasteiger partial charge in [0.2, 0.25) is 11.7 Å². The predicted octanol–water partition coefficient (Wildman–Crippen LogP) is 2.36. The summed E-state index contributed by atoms with van der Waals surface area (Å²) in [6, 6.07) is 11.2. The topological polar surface area (TPSA) is 116 Å². The van der Waals surface area contributed by atoms with E-state index in [-0.39, 0.29) is 12.6 Å². The van der Waals surface area contributed by atoms with E-state index in [0.717, 1.165) is 21.8 Å². The van der Waals surface area contributed by atoms with Crippen LogP contribution in [0.25, 0.3) is 28.3 Å². The van der Waals surface area contributed by atoms with Gasteiger partial charge in [0.15, 0.2) is 5.65 Å². The van der Waals surface area contributed by atoms with E-state index in [1.165, 1.54) is 7.05 Å². The molecule has 10 heteroatoms. The molecule has 4 aromatic rings. The fourth-order valence-electron chi connectivity index (χ4n) is 2.82. The second-order valence-corrected chi connectivity index (χ2v) is 6.37. The van der Waals surface area contributed by atoms with Gasteiger partial charge in [0.25, 0.3) is 0 Å². The van der Waals surface area contributed by atoms with E-state index in [1.807, 2.05) is 42.6 Å². The van der Waals surface area contributed by atoms with Crippen molar-refractivity contribution in [1.82, 2.24) is 24.7 Å². The Morgan fingerprint density at radius 2 is 2.00 bits per heavy atom. The smallest absolute Gasteiger partial charge is 0.330 e. The van der Waals surface area contributed by atoms with Crippen LogP contribution in [0.1, 0.15) is 13.3 Å². The van der Waals surface area contributed by atoms with Gasteiger partial charge in [-0.05, 0) is 25.1 Å². The molecule has 0 saturated heterocycles. The molecule has 0 radical (unpaired) electrons. The van der Waals surface area contributed by atoms with Crippen molar-refractivity contribution in [2.75, 3.05) is 18.6 Å². The minimum Gasteiger partial charge on any atom is -0.466 e. The third-order valence-electron chi connectivity index (χ3n) is 4.33. The summed E-state index contributed by atoms with van der Waals surface area (Å²) >= 11 is 0. The second kappa shape index (κ2) is 8.11. The molecule has 0 saturated carbocycles. The van der Waals surface area contributed by atoms with Crippen molar-refractivity contribution in [2.24, 2.45) is 0 Å². The standard InChI is InChI=1S/C20H18N6O4/c1-3-29-18(28)11-17(27)25(2)20-23-19(24-30-20)14-7-4-6-13(10-14)15-12-26-16(22-15)8-5-9-21-26/h4-10,12H,3,11H2,1-2H3. The van der Waals surface area contributed by atoms with Crippen LogP contribution in [0.2, 0.25) is 0 Å². The van der Waals surface area contributed by atoms with E-state index in [4.69, 9.17) is 9.26 Å². The summed E-state index contributed by atoms with van der Waals surface area (Å²) in [5.41, 5.74) is 3.04. The minimum atomic E-state index is -0.608. The molecule has 0 atom stereocenters. The van der Waals surface area contributed by atoms with Gasteiger partial charge in [-0.3, -0.25) is 14.5 Å². The maximum absolute atomic E-state index is 12.2. The van der Waals surface area contributed by atoms with Crippen molar-refractivity contribution >= 4 is 23.5 Å². The van der Waals surface area contributed by atoms with Crippen LogP contribution in [0.5, 0.6) is 0 Å². The van der Waals surface area contributed by atoms with Crippen molar-refractivity contribution < 1.29 is 18.8 Å². The average Bonchev–Trinajstić information content (AvgIpc) is 3.41. The largest absolute Gasteiger partial charge is 0.466 e. The van der Waals surface area contributed by atoms with E-state index in [9.17, 15) is 9.59 Å². The SMILES string of the molecule is CCOC(=O)CC(=O)N(C)c1nc(-c2cccc(-c3cn4ncccc4n3)c2)no1. The van der Waals surface area contributed by atoms with Crippen molar-refractivity contribution in [3.63, 3.8) is 0 Å². The molecule has 0 unspecified atom stereocenters. The molecular formula is C20H18N6O4. The molecule has 0 aliphatic rings. The van der Waals surface area contributed by atoms with Gasteiger partial charge in [-0.25, -0.2) is 9.50 Å². The lowest BCUT2D eigenvalue weighted by Gasteiger charge is -2.10. The summed E-state index contributed by atoms with van der Waals surface area (Å²) in [6.45, 7) is 1.88. The van der Waals surface area contributed by atoms with Crippen molar-refractivity contribution in [1.29, 1.82) is 0 Å². The normalized spacial score (nSPS) is 10.9. The Bertz CT molecular complexity index is 1180. The number of hydrogen-bond acceptors (Lipinski definition) is 8. The molecule has 0 aliphatic carbocycles. The number of carbonyl (C=O) groups is 2. The third kappa shape index (κ3) is 3.88. The molecule has 3 aromatic heterocycles. The number of rotatable bonds is 6. The third-order valence-corrected chi connectivity index (χ3v) is 4.33. The molecule has 30 heavy (non-hydrogen) atoms. The zero-order chi connectivity index (χ0) is 21.1. The fourth-order valence-corrected chi connectivity index (χ4v) is 2.82. The molecule has 0 fully saturated rings. The maximum atomic E-state index is 12.2. The van der Waals surface area contributed by atoms with Crippen LogP contribution in [0.3, 0.4) is 0 Å². The first-order valence-corrected chi connectivity index (χ1v) is 9.22. The molecule has 0 spiro atoms. The van der Waals surface area contributed by atoms with Crippen LogP contribution >= 0.6 is 0 Å². The van der Waals surface area contributed by atoms with Gasteiger partial charge in [-0.2, -0.15) is 10.1 Å². The number of imidazole rings is 1. The van der Waals surface area contributed by atoms with Gasteiger partial charge < -0.3 is 9.26 Å². The van der Waals surface area contributed by atoms with Crippen molar-refractivity contribution in [2.45, 2.75) is 13.3 Å². The Labute approximate surface area is 171 Å². The molecule has 4 rings (SSSR count). The van der Waals surface area contributed by atoms with Gasteiger partial charge in [0.1, 0.15) is 6.42 Å². The zero-order valence-electron chi connectivity index (χ0n) is 16.3. The van der Waals surface area contributed by atoms with Crippen LogP contribution in [0.4, 0.5) is 6.01 Å². The van der Waals surface area contributed by atoms with Gasteiger partial charge in [-0.1, -0.05) is 23.4 Å². The highest BCUT2D eigenvalue weighted by Crippen LogP contribution is 2.25. The van der Waals surface area contributed by atoms with Crippen LogP contribution in [-0.4, -0.2) is 50.3 Å². The molecule has 0 bridgehead atoms. The molecule has 1 amide bonds. The molecular weight excluding hydrogens is 388 g/mol. The second-order valence-electron chi connectivity index (χ2n) is 6.37. The Balaban J connectivity index is 1.55.